The van der Waals surface area contributed by atoms with Gasteiger partial charge < -0.3 is 24.4 Å². The summed E-state index contributed by atoms with van der Waals surface area (Å²) in [6.07, 6.45) is 0.640. The molecule has 10 heteroatoms. The Bertz CT molecular complexity index is 1060. The van der Waals surface area contributed by atoms with Gasteiger partial charge in [0.2, 0.25) is 5.91 Å². The zero-order valence-electron chi connectivity index (χ0n) is 23.2. The van der Waals surface area contributed by atoms with Crippen LogP contribution in [0.1, 0.15) is 51.0 Å². The highest BCUT2D eigenvalue weighted by molar-refractivity contribution is 5.94. The molecule has 0 bridgehead atoms. The molecule has 0 aliphatic rings. The van der Waals surface area contributed by atoms with Gasteiger partial charge in [-0.25, -0.2) is 0 Å². The number of esters is 1. The van der Waals surface area contributed by atoms with E-state index in [0.717, 1.165) is 0 Å². The molecular weight excluding hydrogens is 476 g/mol. The first kappa shape index (κ1) is 29.7. The fourth-order valence-corrected chi connectivity index (χ4v) is 4.05. The molecule has 1 aromatic carbocycles. The molecule has 0 radical (unpaired) electrons. The minimum absolute atomic E-state index is 0.0529. The lowest BCUT2D eigenvalue weighted by Gasteiger charge is -2.23. The third kappa shape index (κ3) is 8.23. The molecule has 2 amide bonds. The van der Waals surface area contributed by atoms with Crippen LogP contribution >= 0.6 is 0 Å². The number of methoxy groups -OCH3 is 3. The second-order valence-electron chi connectivity index (χ2n) is 9.86. The molecule has 1 heterocycles. The molecule has 0 spiro atoms. The molecule has 1 N–H and O–H groups in total. The average Bonchev–Trinajstić information content (AvgIpc) is 3.25. The van der Waals surface area contributed by atoms with Gasteiger partial charge in [-0.2, -0.15) is 5.10 Å². The molecule has 1 aromatic heterocycles. The number of carbonyl (C=O) groups excluding carboxylic acids is 3. The number of hydrogen-bond donors (Lipinski definition) is 1. The number of amides is 2. The fourth-order valence-electron chi connectivity index (χ4n) is 4.05. The molecular formula is C27H40N4O6. The summed E-state index contributed by atoms with van der Waals surface area (Å²) in [5.41, 5.74) is 1.63. The van der Waals surface area contributed by atoms with Crippen LogP contribution in [0.3, 0.4) is 0 Å². The molecule has 37 heavy (non-hydrogen) atoms. The van der Waals surface area contributed by atoms with Crippen molar-refractivity contribution in [2.45, 2.75) is 53.1 Å². The third-order valence-corrected chi connectivity index (χ3v) is 5.77. The van der Waals surface area contributed by atoms with E-state index in [1.807, 2.05) is 32.0 Å². The summed E-state index contributed by atoms with van der Waals surface area (Å²) in [6, 6.07) is 6.79. The number of likely N-dealkylation sites (N-methyl/N-ethyl adjacent to an activating group) is 1. The maximum Gasteiger partial charge on any atom is 0.325 e. The molecule has 2 rings (SSSR count). The van der Waals surface area contributed by atoms with Crippen molar-refractivity contribution in [1.29, 1.82) is 0 Å². The van der Waals surface area contributed by atoms with Crippen molar-refractivity contribution in [3.63, 3.8) is 0 Å². The van der Waals surface area contributed by atoms with Gasteiger partial charge in [-0.3, -0.25) is 19.1 Å². The van der Waals surface area contributed by atoms with Crippen molar-refractivity contribution in [3.05, 3.63) is 30.0 Å². The van der Waals surface area contributed by atoms with Crippen molar-refractivity contribution in [3.8, 4) is 22.8 Å². The largest absolute Gasteiger partial charge is 0.496 e. The Balaban J connectivity index is 2.37. The summed E-state index contributed by atoms with van der Waals surface area (Å²) in [7, 11) is 5.98. The smallest absolute Gasteiger partial charge is 0.325 e. The minimum Gasteiger partial charge on any atom is -0.496 e. The number of nitrogens with zero attached hydrogens (tertiary/aromatic N) is 3. The van der Waals surface area contributed by atoms with E-state index in [1.165, 1.54) is 19.1 Å². The molecule has 0 aliphatic heterocycles. The topological polar surface area (TPSA) is 112 Å². The van der Waals surface area contributed by atoms with Crippen molar-refractivity contribution in [2.75, 3.05) is 34.9 Å². The lowest BCUT2D eigenvalue weighted by Crippen LogP contribution is -2.41. The van der Waals surface area contributed by atoms with Crippen LogP contribution in [0.25, 0.3) is 11.3 Å². The highest BCUT2D eigenvalue weighted by Gasteiger charge is 2.25. The number of carbonyl (C=O) groups is 3. The van der Waals surface area contributed by atoms with Gasteiger partial charge in [0.1, 0.15) is 18.0 Å². The molecule has 0 unspecified atom stereocenters. The zero-order valence-corrected chi connectivity index (χ0v) is 23.2. The monoisotopic (exact) mass is 516 g/mol. The van der Waals surface area contributed by atoms with Crippen LogP contribution in [0.4, 0.5) is 0 Å². The summed E-state index contributed by atoms with van der Waals surface area (Å²) in [4.78, 5) is 38.9. The summed E-state index contributed by atoms with van der Waals surface area (Å²) in [5, 5.41) is 7.59. The maximum absolute atomic E-state index is 13.4. The Labute approximate surface area is 219 Å². The number of nitrogens with one attached hydrogen (secondary N) is 1. The van der Waals surface area contributed by atoms with E-state index in [1.54, 1.807) is 25.0 Å². The van der Waals surface area contributed by atoms with E-state index >= 15 is 0 Å². The molecule has 0 saturated heterocycles. The van der Waals surface area contributed by atoms with Gasteiger partial charge in [0, 0.05) is 26.1 Å². The quantitative estimate of drug-likeness (QED) is 0.406. The van der Waals surface area contributed by atoms with Crippen molar-refractivity contribution in [2.24, 2.45) is 11.8 Å². The van der Waals surface area contributed by atoms with Crippen LogP contribution < -0.4 is 14.8 Å². The van der Waals surface area contributed by atoms with Crippen molar-refractivity contribution in [1.82, 2.24) is 20.0 Å². The number of aromatic nitrogens is 2. The first-order valence-electron chi connectivity index (χ1n) is 12.4. The highest BCUT2D eigenvalue weighted by Crippen LogP contribution is 2.38. The van der Waals surface area contributed by atoms with E-state index in [4.69, 9.17) is 9.47 Å². The zero-order chi connectivity index (χ0) is 27.7. The van der Waals surface area contributed by atoms with Gasteiger partial charge in [0.05, 0.1) is 32.6 Å². The number of hydrogen-bond acceptors (Lipinski definition) is 7. The Morgan fingerprint density at radius 3 is 2.16 bits per heavy atom. The molecule has 10 nitrogen and oxygen atoms in total. The Hall–Kier alpha value is -3.56. The Morgan fingerprint density at radius 1 is 1.03 bits per heavy atom. The number of benzene rings is 1. The maximum atomic E-state index is 13.4. The van der Waals surface area contributed by atoms with E-state index in [-0.39, 0.29) is 42.3 Å². The van der Waals surface area contributed by atoms with Crippen LogP contribution in [0.2, 0.25) is 0 Å². The fraction of sp³-hybridized carbons (Fsp3) is 0.556. The number of ether oxygens (including phenoxy) is 3. The summed E-state index contributed by atoms with van der Waals surface area (Å²) < 4.78 is 17.6. The van der Waals surface area contributed by atoms with Crippen LogP contribution in [-0.4, -0.2) is 73.4 Å². The molecule has 2 aromatic rings. The van der Waals surface area contributed by atoms with Gasteiger partial charge in [-0.15, -0.1) is 0 Å². The second kappa shape index (κ2) is 13.7. The normalized spacial score (nSPS) is 11.8. The Kier molecular flexibility index (Phi) is 11.0. The third-order valence-electron chi connectivity index (χ3n) is 5.77. The Morgan fingerprint density at radius 2 is 1.65 bits per heavy atom. The van der Waals surface area contributed by atoms with Gasteiger partial charge in [0.15, 0.2) is 5.69 Å². The predicted molar refractivity (Wildman–Crippen MR) is 141 cm³/mol. The standard InChI is InChI=1S/C27H40N4O6/c1-17(2)12-19(13-24(32)30(5)16-25(33)37-8)28-27(34)20-14-21(31(29-20)15-18(3)4)26-22(35-6)10-9-11-23(26)36-7/h9-11,14,17-19H,12-13,15-16H2,1-8H3,(H,28,34)/t19-/m0/s1. The van der Waals surface area contributed by atoms with Crippen molar-refractivity contribution >= 4 is 17.8 Å². The predicted octanol–water partition coefficient (Wildman–Crippen LogP) is 3.39. The molecule has 204 valence electrons. The van der Waals surface area contributed by atoms with E-state index < -0.39 is 12.0 Å². The molecule has 1 atom stereocenters. The summed E-state index contributed by atoms with van der Waals surface area (Å²) >= 11 is 0. The van der Waals surface area contributed by atoms with E-state index in [9.17, 15) is 14.4 Å². The second-order valence-corrected chi connectivity index (χ2v) is 9.86. The lowest BCUT2D eigenvalue weighted by molar-refractivity contribution is -0.146. The van der Waals surface area contributed by atoms with Crippen LogP contribution in [0.5, 0.6) is 11.5 Å². The van der Waals surface area contributed by atoms with E-state index in [0.29, 0.717) is 35.7 Å². The van der Waals surface area contributed by atoms with Gasteiger partial charge in [0.25, 0.3) is 5.91 Å². The molecule has 0 aliphatic carbocycles. The van der Waals surface area contributed by atoms with Crippen molar-refractivity contribution < 1.29 is 28.6 Å². The lowest BCUT2D eigenvalue weighted by atomic mass is 10.00. The average molecular weight is 517 g/mol. The van der Waals surface area contributed by atoms with Gasteiger partial charge >= 0.3 is 5.97 Å². The number of rotatable bonds is 13. The SMILES string of the molecule is COC(=O)CN(C)C(=O)C[C@H](CC(C)C)NC(=O)c1cc(-c2c(OC)cccc2OC)n(CC(C)C)n1. The first-order valence-corrected chi connectivity index (χ1v) is 12.4. The van der Waals surface area contributed by atoms with Crippen LogP contribution in [0.15, 0.2) is 24.3 Å². The molecule has 0 saturated carbocycles. The molecule has 0 fully saturated rings. The van der Waals surface area contributed by atoms with Crippen LogP contribution in [-0.2, 0) is 20.9 Å². The van der Waals surface area contributed by atoms with Gasteiger partial charge in [-0.05, 0) is 36.5 Å². The first-order chi connectivity index (χ1) is 17.5. The minimum atomic E-state index is -0.504. The summed E-state index contributed by atoms with van der Waals surface area (Å²) in [6.45, 7) is 8.60. The summed E-state index contributed by atoms with van der Waals surface area (Å²) in [5.74, 6) is 0.562. The van der Waals surface area contributed by atoms with Crippen LogP contribution in [0, 0.1) is 11.8 Å². The van der Waals surface area contributed by atoms with E-state index in [2.05, 4.69) is 29.0 Å². The highest BCUT2D eigenvalue weighted by atomic mass is 16.5. The van der Waals surface area contributed by atoms with Gasteiger partial charge in [-0.1, -0.05) is 33.8 Å².